The van der Waals surface area contributed by atoms with Gasteiger partial charge in [-0.15, -0.1) is 0 Å². The van der Waals surface area contributed by atoms with Gasteiger partial charge < -0.3 is 13.7 Å². The highest BCUT2D eigenvalue weighted by Gasteiger charge is 2.46. The number of furan rings is 2. The van der Waals surface area contributed by atoms with E-state index in [-0.39, 0.29) is 0 Å². The summed E-state index contributed by atoms with van der Waals surface area (Å²) >= 11 is 0. The summed E-state index contributed by atoms with van der Waals surface area (Å²) in [5.74, 6) is 0. The number of para-hydroxylation sites is 3. The minimum atomic E-state index is -0.551. The Kier molecular flexibility index (Phi) is 7.52. The highest BCUT2D eigenvalue weighted by Crippen LogP contribution is 2.57. The molecule has 0 aliphatic heterocycles. The number of fused-ring (bicyclic) bond motifs is 11. The Hall–Kier alpha value is -8.14. The van der Waals surface area contributed by atoms with Crippen LogP contribution >= 0.6 is 0 Å². The Labute approximate surface area is 358 Å². The summed E-state index contributed by atoms with van der Waals surface area (Å²) in [5.41, 5.74) is 15.5. The van der Waals surface area contributed by atoms with Crippen molar-refractivity contribution < 1.29 is 8.83 Å². The summed E-state index contributed by atoms with van der Waals surface area (Å²) in [6.07, 6.45) is 0. The molecular weight excluding hydrogens is 755 g/mol. The summed E-state index contributed by atoms with van der Waals surface area (Å²) in [5, 5.41) is 6.68. The third-order valence-corrected chi connectivity index (χ3v) is 13.1. The van der Waals surface area contributed by atoms with E-state index in [9.17, 15) is 0 Å². The number of hydrogen-bond donors (Lipinski definition) is 0. The van der Waals surface area contributed by atoms with Gasteiger partial charge in [0.05, 0.1) is 11.1 Å². The molecule has 0 saturated carbocycles. The maximum Gasteiger partial charge on any atom is 0.159 e. The molecule has 10 aromatic carbocycles. The molecule has 0 atom stereocenters. The first-order chi connectivity index (χ1) is 30.8. The van der Waals surface area contributed by atoms with E-state index in [4.69, 9.17) is 8.83 Å². The van der Waals surface area contributed by atoms with Gasteiger partial charge >= 0.3 is 0 Å². The molecule has 13 rings (SSSR count). The van der Waals surface area contributed by atoms with Crippen molar-refractivity contribution in [3.63, 3.8) is 0 Å². The van der Waals surface area contributed by atoms with Crippen LogP contribution in [0.15, 0.2) is 233 Å². The fraction of sp³-hybridized carbons (Fsp3) is 0.0169. The SMILES string of the molecule is c1ccc(C2(c3ccccc3)c3ccccc3-c3ccc(N(c4cccc(-c5cccc6c5oc5c7ccccc7ccc65)c4)c4cccc5c4oc4ccccc45)cc32)cc1. The van der Waals surface area contributed by atoms with Crippen LogP contribution in [0.2, 0.25) is 0 Å². The second-order valence-corrected chi connectivity index (χ2v) is 16.3. The molecule has 12 aromatic rings. The monoisotopic (exact) mass is 791 g/mol. The van der Waals surface area contributed by atoms with Gasteiger partial charge in [-0.05, 0) is 86.8 Å². The Balaban J connectivity index is 1.07. The van der Waals surface area contributed by atoms with Gasteiger partial charge in [-0.3, -0.25) is 0 Å². The van der Waals surface area contributed by atoms with Crippen LogP contribution in [0.3, 0.4) is 0 Å². The molecule has 0 fully saturated rings. The zero-order valence-electron chi connectivity index (χ0n) is 33.6. The van der Waals surface area contributed by atoms with Crippen molar-refractivity contribution in [2.75, 3.05) is 4.90 Å². The van der Waals surface area contributed by atoms with Gasteiger partial charge in [0.1, 0.15) is 16.7 Å². The molecule has 0 unspecified atom stereocenters. The second-order valence-electron chi connectivity index (χ2n) is 16.3. The van der Waals surface area contributed by atoms with Crippen molar-refractivity contribution in [1.29, 1.82) is 0 Å². The molecule has 1 aliphatic rings. The Morgan fingerprint density at radius 1 is 0.339 bits per heavy atom. The standard InChI is InChI=1S/C59H37NO2/c1-3-18-40(19-4-1)59(41-20-5-2-6-21-41)52-29-11-9-24-46(52)47-35-33-43(37-53(47)59)60(54-30-15-28-49-48-25-10-12-31-55(48)61-58(49)54)42-22-13-17-39(36-42)45-26-14-27-50-51-34-32-38-16-7-8-23-44(38)56(51)62-57(45)50/h1-37H. The first-order valence-corrected chi connectivity index (χ1v) is 21.2. The van der Waals surface area contributed by atoms with Gasteiger partial charge in [0.25, 0.3) is 0 Å². The van der Waals surface area contributed by atoms with Gasteiger partial charge in [-0.2, -0.15) is 0 Å². The van der Waals surface area contributed by atoms with Crippen molar-refractivity contribution in [3.05, 3.63) is 247 Å². The van der Waals surface area contributed by atoms with Crippen molar-refractivity contribution in [2.45, 2.75) is 5.41 Å². The minimum Gasteiger partial charge on any atom is -0.455 e. The van der Waals surface area contributed by atoms with Crippen LogP contribution in [0.25, 0.3) is 76.9 Å². The quantitative estimate of drug-likeness (QED) is 0.168. The molecule has 0 bridgehead atoms. The molecule has 0 spiro atoms. The third-order valence-electron chi connectivity index (χ3n) is 13.1. The van der Waals surface area contributed by atoms with E-state index >= 15 is 0 Å². The van der Waals surface area contributed by atoms with E-state index in [1.807, 2.05) is 6.07 Å². The lowest BCUT2D eigenvalue weighted by molar-refractivity contribution is 0.669. The largest absolute Gasteiger partial charge is 0.455 e. The van der Waals surface area contributed by atoms with Gasteiger partial charge in [0, 0.05) is 43.9 Å². The van der Waals surface area contributed by atoms with E-state index in [1.165, 1.54) is 38.8 Å². The average Bonchev–Trinajstić information content (AvgIpc) is 4.01. The molecule has 0 amide bonds. The molecule has 3 heteroatoms. The van der Waals surface area contributed by atoms with Crippen LogP contribution < -0.4 is 4.90 Å². The lowest BCUT2D eigenvalue weighted by Crippen LogP contribution is -2.28. The minimum absolute atomic E-state index is 0.551. The predicted molar refractivity (Wildman–Crippen MR) is 256 cm³/mol. The normalized spacial score (nSPS) is 13.0. The zero-order chi connectivity index (χ0) is 40.8. The maximum atomic E-state index is 6.87. The molecule has 1 aliphatic carbocycles. The van der Waals surface area contributed by atoms with Gasteiger partial charge in [-0.1, -0.05) is 182 Å². The second kappa shape index (κ2) is 13.4. The molecule has 2 aromatic heterocycles. The third kappa shape index (κ3) is 4.94. The van der Waals surface area contributed by atoms with Gasteiger partial charge in [-0.25, -0.2) is 0 Å². The highest BCUT2D eigenvalue weighted by molar-refractivity contribution is 6.17. The molecule has 3 nitrogen and oxygen atoms in total. The Bertz CT molecular complexity index is 3670. The predicted octanol–water partition coefficient (Wildman–Crippen LogP) is 16.1. The highest BCUT2D eigenvalue weighted by atomic mass is 16.3. The van der Waals surface area contributed by atoms with Crippen LogP contribution in [-0.4, -0.2) is 0 Å². The number of anilines is 3. The van der Waals surface area contributed by atoms with Crippen LogP contribution in [0.1, 0.15) is 22.3 Å². The van der Waals surface area contributed by atoms with Gasteiger partial charge in [0.15, 0.2) is 5.58 Å². The number of rotatable bonds is 6. The van der Waals surface area contributed by atoms with Crippen molar-refractivity contribution in [1.82, 2.24) is 0 Å². The Morgan fingerprint density at radius 3 is 1.79 bits per heavy atom. The summed E-state index contributed by atoms with van der Waals surface area (Å²) in [6.45, 7) is 0. The first kappa shape index (κ1) is 34.7. The van der Waals surface area contributed by atoms with E-state index in [0.29, 0.717) is 0 Å². The lowest BCUT2D eigenvalue weighted by atomic mass is 9.67. The van der Waals surface area contributed by atoms with Crippen LogP contribution in [0.4, 0.5) is 17.1 Å². The van der Waals surface area contributed by atoms with Crippen molar-refractivity contribution in [2.24, 2.45) is 0 Å². The molecule has 0 N–H and O–H groups in total. The van der Waals surface area contributed by atoms with E-state index in [2.05, 4.69) is 223 Å². The van der Waals surface area contributed by atoms with Crippen molar-refractivity contribution >= 4 is 71.7 Å². The fourth-order valence-electron chi connectivity index (χ4n) is 10.5. The molecular formula is C59H37NO2. The summed E-state index contributed by atoms with van der Waals surface area (Å²) in [7, 11) is 0. The fourth-order valence-corrected chi connectivity index (χ4v) is 10.5. The van der Waals surface area contributed by atoms with Crippen LogP contribution in [0, 0.1) is 0 Å². The first-order valence-electron chi connectivity index (χ1n) is 21.2. The molecule has 2 heterocycles. The van der Waals surface area contributed by atoms with Gasteiger partial charge in [0.2, 0.25) is 0 Å². The summed E-state index contributed by atoms with van der Waals surface area (Å²) < 4.78 is 13.7. The van der Waals surface area contributed by atoms with Crippen LogP contribution in [0.5, 0.6) is 0 Å². The topological polar surface area (TPSA) is 29.5 Å². The van der Waals surface area contributed by atoms with Crippen molar-refractivity contribution in [3.8, 4) is 22.3 Å². The number of hydrogen-bond acceptors (Lipinski definition) is 3. The van der Waals surface area contributed by atoms with Crippen LogP contribution in [-0.2, 0) is 5.41 Å². The number of nitrogens with zero attached hydrogens (tertiary/aromatic N) is 1. The molecule has 0 radical (unpaired) electrons. The summed E-state index contributed by atoms with van der Waals surface area (Å²) in [4.78, 5) is 2.38. The van der Waals surface area contributed by atoms with E-state index < -0.39 is 5.41 Å². The smallest absolute Gasteiger partial charge is 0.159 e. The Morgan fingerprint density at radius 2 is 0.952 bits per heavy atom. The molecule has 62 heavy (non-hydrogen) atoms. The average molecular weight is 792 g/mol. The van der Waals surface area contributed by atoms with E-state index in [0.717, 1.165) is 77.5 Å². The molecule has 290 valence electrons. The summed E-state index contributed by atoms with van der Waals surface area (Å²) in [6, 6.07) is 81.0. The zero-order valence-corrected chi connectivity index (χ0v) is 33.6. The van der Waals surface area contributed by atoms with E-state index in [1.54, 1.807) is 0 Å². The lowest BCUT2D eigenvalue weighted by Gasteiger charge is -2.35. The molecule has 0 saturated heterocycles. The maximum absolute atomic E-state index is 6.87. The number of benzene rings is 10.